The molecule has 0 radical (unpaired) electrons. The fourth-order valence-corrected chi connectivity index (χ4v) is 3.57. The summed E-state index contributed by atoms with van der Waals surface area (Å²) in [5.74, 6) is -1.39. The summed E-state index contributed by atoms with van der Waals surface area (Å²) in [6, 6.07) is 17.9. The van der Waals surface area contributed by atoms with Crippen LogP contribution < -0.4 is 4.74 Å². The Hall–Kier alpha value is -3.64. The lowest BCUT2D eigenvalue weighted by molar-refractivity contribution is -0.159. The Morgan fingerprint density at radius 3 is 2.41 bits per heavy atom. The fourth-order valence-electron chi connectivity index (χ4n) is 3.44. The molecular formula is C27H26ClNO5. The molecule has 0 aliphatic heterocycles. The van der Waals surface area contributed by atoms with Gasteiger partial charge in [0.25, 0.3) is 0 Å². The summed E-state index contributed by atoms with van der Waals surface area (Å²) in [6.45, 7) is 7.04. The van der Waals surface area contributed by atoms with Crippen molar-refractivity contribution in [1.82, 2.24) is 4.98 Å². The Morgan fingerprint density at radius 2 is 1.79 bits per heavy atom. The van der Waals surface area contributed by atoms with E-state index in [1.807, 2.05) is 30.3 Å². The number of allylic oxidation sites excluding steroid dienone is 1. The highest BCUT2D eigenvalue weighted by molar-refractivity contribution is 6.30. The van der Waals surface area contributed by atoms with E-state index in [-0.39, 0.29) is 24.5 Å². The number of hydrogen-bond donors (Lipinski definition) is 1. The second-order valence-electron chi connectivity index (χ2n) is 8.14. The highest BCUT2D eigenvalue weighted by Crippen LogP contribution is 2.27. The summed E-state index contributed by atoms with van der Waals surface area (Å²) in [6.07, 6.45) is 3.54. The molecule has 0 saturated carbocycles. The molecule has 3 rings (SSSR count). The monoisotopic (exact) mass is 479 g/mol. The summed E-state index contributed by atoms with van der Waals surface area (Å²) in [5.41, 5.74) is 0.856. The first kappa shape index (κ1) is 25.0. The Labute approximate surface area is 203 Å². The summed E-state index contributed by atoms with van der Waals surface area (Å²) in [4.78, 5) is 28.8. The first-order chi connectivity index (χ1) is 16.2. The smallest absolute Gasteiger partial charge is 0.349 e. The van der Waals surface area contributed by atoms with Crippen molar-refractivity contribution in [3.63, 3.8) is 0 Å². The lowest BCUT2D eigenvalue weighted by atomic mass is 9.91. The molecule has 0 bridgehead atoms. The second-order valence-corrected chi connectivity index (χ2v) is 8.58. The average molecular weight is 480 g/mol. The van der Waals surface area contributed by atoms with Gasteiger partial charge in [0.05, 0.1) is 17.9 Å². The maximum absolute atomic E-state index is 12.6. The zero-order chi connectivity index (χ0) is 24.7. The molecule has 1 aromatic heterocycles. The molecule has 0 spiro atoms. The topological polar surface area (TPSA) is 85.7 Å². The van der Waals surface area contributed by atoms with Crippen molar-refractivity contribution in [3.05, 3.63) is 107 Å². The van der Waals surface area contributed by atoms with Crippen LogP contribution in [0.3, 0.4) is 0 Å². The highest BCUT2D eigenvalue weighted by Gasteiger charge is 2.32. The van der Waals surface area contributed by atoms with Crippen LogP contribution in [0.2, 0.25) is 5.02 Å². The molecule has 0 aliphatic rings. The number of aromatic nitrogens is 1. The van der Waals surface area contributed by atoms with Gasteiger partial charge in [-0.2, -0.15) is 0 Å². The predicted octanol–water partition coefficient (Wildman–Crippen LogP) is 5.69. The second kappa shape index (κ2) is 11.0. The molecule has 2 aromatic carbocycles. The van der Waals surface area contributed by atoms with E-state index in [1.54, 1.807) is 56.5 Å². The van der Waals surface area contributed by atoms with Gasteiger partial charge in [0, 0.05) is 23.6 Å². The van der Waals surface area contributed by atoms with Gasteiger partial charge in [-0.25, -0.2) is 9.59 Å². The number of rotatable bonds is 10. The average Bonchev–Trinajstić information content (AvgIpc) is 2.82. The third-order valence-corrected chi connectivity index (χ3v) is 5.48. The maximum atomic E-state index is 12.6. The van der Waals surface area contributed by atoms with Crippen molar-refractivity contribution in [3.8, 4) is 5.75 Å². The normalized spacial score (nSPS) is 12.0. The Balaban J connectivity index is 1.68. The van der Waals surface area contributed by atoms with Crippen molar-refractivity contribution in [2.75, 3.05) is 6.61 Å². The quantitative estimate of drug-likeness (QED) is 0.297. The van der Waals surface area contributed by atoms with Gasteiger partial charge in [-0.15, -0.1) is 6.58 Å². The van der Waals surface area contributed by atoms with Gasteiger partial charge in [0.2, 0.25) is 0 Å². The van der Waals surface area contributed by atoms with Gasteiger partial charge in [0.1, 0.15) is 5.75 Å². The minimum Gasteiger partial charge on any atom is -0.478 e. The highest BCUT2D eigenvalue weighted by atomic mass is 35.5. The molecule has 34 heavy (non-hydrogen) atoms. The molecule has 0 saturated heterocycles. The number of esters is 1. The number of carboxylic acid groups (broad SMARTS) is 1. The van der Waals surface area contributed by atoms with E-state index in [1.165, 1.54) is 0 Å². The van der Waals surface area contributed by atoms with Gasteiger partial charge in [-0.3, -0.25) is 4.98 Å². The van der Waals surface area contributed by atoms with Crippen LogP contribution in [0, 0.1) is 0 Å². The van der Waals surface area contributed by atoms with Crippen LogP contribution in [0.5, 0.6) is 5.75 Å². The van der Waals surface area contributed by atoms with Crippen LogP contribution in [-0.2, 0) is 16.0 Å². The van der Waals surface area contributed by atoms with Crippen LogP contribution in [0.15, 0.2) is 79.5 Å². The minimum absolute atomic E-state index is 0.0392. The van der Waals surface area contributed by atoms with Crippen LogP contribution >= 0.6 is 11.6 Å². The third-order valence-electron chi connectivity index (χ3n) is 5.23. The molecule has 1 N–H and O–H groups in total. The number of aromatic carboxylic acids is 1. The molecule has 0 fully saturated rings. The van der Waals surface area contributed by atoms with E-state index < -0.39 is 17.5 Å². The fraction of sp³-hybridized carbons (Fsp3) is 0.222. The lowest BCUT2D eigenvalue weighted by Crippen LogP contribution is -2.40. The van der Waals surface area contributed by atoms with E-state index in [0.717, 1.165) is 11.1 Å². The van der Waals surface area contributed by atoms with E-state index in [4.69, 9.17) is 21.1 Å². The molecule has 176 valence electrons. The molecular weight excluding hydrogens is 454 g/mol. The van der Waals surface area contributed by atoms with Crippen LogP contribution in [0.25, 0.3) is 0 Å². The minimum atomic E-state index is -1.24. The number of benzene rings is 2. The molecule has 1 atom stereocenters. The predicted molar refractivity (Wildman–Crippen MR) is 131 cm³/mol. The number of carboxylic acids is 1. The number of pyridine rings is 1. The molecule has 1 heterocycles. The van der Waals surface area contributed by atoms with Gasteiger partial charge in [-0.1, -0.05) is 48.0 Å². The van der Waals surface area contributed by atoms with E-state index in [2.05, 4.69) is 11.6 Å². The van der Waals surface area contributed by atoms with Crippen molar-refractivity contribution >= 4 is 23.5 Å². The largest absolute Gasteiger partial charge is 0.478 e. The van der Waals surface area contributed by atoms with Gasteiger partial charge < -0.3 is 14.6 Å². The van der Waals surface area contributed by atoms with Gasteiger partial charge in [0.15, 0.2) is 5.60 Å². The van der Waals surface area contributed by atoms with Crippen molar-refractivity contribution in [1.29, 1.82) is 0 Å². The summed E-state index contributed by atoms with van der Waals surface area (Å²) in [5, 5.41) is 10.3. The number of carbonyl (C=O) groups is 2. The molecule has 0 amide bonds. The number of carbonyl (C=O) groups excluding carboxylic acids is 1. The van der Waals surface area contributed by atoms with E-state index in [9.17, 15) is 14.7 Å². The Morgan fingerprint density at radius 1 is 1.12 bits per heavy atom. The standard InChI is InChI=1S/C27H26ClNO5/c1-4-22(18-8-6-5-7-9-18)19-16-23(25(30)31)24(29-17-19)14-15-33-26(32)27(2,3)34-21-12-10-20(28)11-13-21/h4-13,16-17,22H,1,14-15H2,2-3H3,(H,30,31)/t22-/m1/s1. The summed E-state index contributed by atoms with van der Waals surface area (Å²) in [7, 11) is 0. The van der Waals surface area contributed by atoms with Crippen LogP contribution in [0.4, 0.5) is 0 Å². The SMILES string of the molecule is C=C[C@H](c1ccccc1)c1cnc(CCOC(=O)C(C)(C)Oc2ccc(Cl)cc2)c(C(=O)O)c1. The first-order valence-electron chi connectivity index (χ1n) is 10.7. The summed E-state index contributed by atoms with van der Waals surface area (Å²) >= 11 is 5.87. The summed E-state index contributed by atoms with van der Waals surface area (Å²) < 4.78 is 11.1. The number of halogens is 1. The van der Waals surface area contributed by atoms with E-state index >= 15 is 0 Å². The molecule has 3 aromatic rings. The zero-order valence-electron chi connectivity index (χ0n) is 19.0. The van der Waals surface area contributed by atoms with E-state index in [0.29, 0.717) is 16.5 Å². The Bertz CT molecular complexity index is 1160. The van der Waals surface area contributed by atoms with Crippen molar-refractivity contribution in [2.45, 2.75) is 31.8 Å². The van der Waals surface area contributed by atoms with Crippen LogP contribution in [-0.4, -0.2) is 34.2 Å². The number of ether oxygens (including phenoxy) is 2. The Kier molecular flexibility index (Phi) is 8.08. The van der Waals surface area contributed by atoms with Crippen molar-refractivity contribution in [2.24, 2.45) is 0 Å². The molecule has 0 aliphatic carbocycles. The lowest BCUT2D eigenvalue weighted by Gasteiger charge is -2.24. The third kappa shape index (κ3) is 6.23. The van der Waals surface area contributed by atoms with Crippen LogP contribution in [0.1, 0.15) is 46.9 Å². The number of nitrogens with zero attached hydrogens (tertiary/aromatic N) is 1. The van der Waals surface area contributed by atoms with Gasteiger partial charge in [-0.05, 0) is 55.3 Å². The molecule has 7 heteroatoms. The molecule has 0 unspecified atom stereocenters. The maximum Gasteiger partial charge on any atom is 0.349 e. The molecule has 6 nitrogen and oxygen atoms in total. The number of hydrogen-bond acceptors (Lipinski definition) is 5. The first-order valence-corrected chi connectivity index (χ1v) is 11.1. The zero-order valence-corrected chi connectivity index (χ0v) is 19.8. The van der Waals surface area contributed by atoms with Gasteiger partial charge >= 0.3 is 11.9 Å². The van der Waals surface area contributed by atoms with Crippen molar-refractivity contribution < 1.29 is 24.2 Å².